The van der Waals surface area contributed by atoms with Crippen LogP contribution in [0.5, 0.6) is 5.75 Å². The number of rotatable bonds is 5. The molecule has 3 aromatic rings. The van der Waals surface area contributed by atoms with Gasteiger partial charge in [0.05, 0.1) is 16.3 Å². The molecule has 1 N–H and O–H groups in total. The third kappa shape index (κ3) is 5.16. The Kier molecular flexibility index (Phi) is 6.68. The smallest absolute Gasteiger partial charge is 0.425 e. The van der Waals surface area contributed by atoms with E-state index in [4.69, 9.17) is 16.3 Å². The van der Waals surface area contributed by atoms with Crippen LogP contribution < -0.4 is 10.1 Å². The minimum absolute atomic E-state index is 0.123. The van der Waals surface area contributed by atoms with E-state index in [1.807, 2.05) is 0 Å². The van der Waals surface area contributed by atoms with Gasteiger partial charge < -0.3 is 10.1 Å². The van der Waals surface area contributed by atoms with Gasteiger partial charge in [-0.2, -0.15) is 13.2 Å². The van der Waals surface area contributed by atoms with Gasteiger partial charge in [0.2, 0.25) is 0 Å². The predicted molar refractivity (Wildman–Crippen MR) is 110 cm³/mol. The quantitative estimate of drug-likeness (QED) is 0.429. The Morgan fingerprint density at radius 1 is 1.12 bits per heavy atom. The van der Waals surface area contributed by atoms with Crippen LogP contribution in [0.2, 0.25) is 5.02 Å². The summed E-state index contributed by atoms with van der Waals surface area (Å²) in [5.74, 6) is -3.43. The van der Waals surface area contributed by atoms with Gasteiger partial charge in [0.15, 0.2) is 6.10 Å². The van der Waals surface area contributed by atoms with E-state index in [1.54, 1.807) is 13.0 Å². The first-order chi connectivity index (χ1) is 15.0. The fourth-order valence-electron chi connectivity index (χ4n) is 2.73. The molecule has 3 rings (SSSR count). The highest BCUT2D eigenvalue weighted by Crippen LogP contribution is 2.34. The van der Waals surface area contributed by atoms with Gasteiger partial charge in [0.25, 0.3) is 5.91 Å². The highest BCUT2D eigenvalue weighted by molar-refractivity contribution is 6.34. The first-order valence-corrected chi connectivity index (χ1v) is 9.60. The van der Waals surface area contributed by atoms with Gasteiger partial charge in [-0.05, 0) is 44.2 Å². The molecule has 0 spiro atoms. The van der Waals surface area contributed by atoms with Gasteiger partial charge in [-0.15, -0.1) is 0 Å². The van der Waals surface area contributed by atoms with Crippen molar-refractivity contribution in [1.29, 1.82) is 0 Å². The Balaban J connectivity index is 2.08. The summed E-state index contributed by atoms with van der Waals surface area (Å²) in [4.78, 5) is 16.8. The van der Waals surface area contributed by atoms with Crippen LogP contribution in [0, 0.1) is 18.6 Å². The number of hydrogen-bond acceptors (Lipinski definition) is 3. The lowest BCUT2D eigenvalue weighted by molar-refractivity contribution is -0.189. The summed E-state index contributed by atoms with van der Waals surface area (Å²) < 4.78 is 73.1. The molecule has 32 heavy (non-hydrogen) atoms. The SMILES string of the molecule is Cc1ccc(-c2cc(OC(C)C(F)(F)F)c(C(=O)Nc3c(F)cccc3Cl)cc2F)cn1. The average molecular weight is 471 g/mol. The van der Waals surface area contributed by atoms with Gasteiger partial charge in [0.1, 0.15) is 17.4 Å². The zero-order valence-corrected chi connectivity index (χ0v) is 17.5. The number of ether oxygens (including phenoxy) is 1. The molecule has 0 aliphatic carbocycles. The first-order valence-electron chi connectivity index (χ1n) is 9.22. The molecule has 0 saturated carbocycles. The Morgan fingerprint density at radius 3 is 2.44 bits per heavy atom. The number of benzene rings is 2. The maximum Gasteiger partial charge on any atom is 0.425 e. The lowest BCUT2D eigenvalue weighted by Crippen LogP contribution is -2.32. The van der Waals surface area contributed by atoms with Crippen LogP contribution in [0.4, 0.5) is 27.6 Å². The zero-order chi connectivity index (χ0) is 23.6. The number of para-hydroxylation sites is 1. The van der Waals surface area contributed by atoms with E-state index in [0.29, 0.717) is 5.69 Å². The largest absolute Gasteiger partial charge is 0.480 e. The highest BCUT2D eigenvalue weighted by Gasteiger charge is 2.39. The Hall–Kier alpha value is -3.20. The van der Waals surface area contributed by atoms with Gasteiger partial charge in [-0.1, -0.05) is 23.7 Å². The predicted octanol–water partition coefficient (Wildman–Crippen LogP) is 6.57. The van der Waals surface area contributed by atoms with Crippen molar-refractivity contribution in [3.8, 4) is 16.9 Å². The minimum Gasteiger partial charge on any atom is -0.480 e. The molecule has 168 valence electrons. The number of hydrogen-bond donors (Lipinski definition) is 1. The number of aryl methyl sites for hydroxylation is 1. The number of halogens is 6. The van der Waals surface area contributed by atoms with Crippen molar-refractivity contribution in [1.82, 2.24) is 4.98 Å². The van der Waals surface area contributed by atoms with E-state index < -0.39 is 46.8 Å². The van der Waals surface area contributed by atoms with Crippen molar-refractivity contribution in [2.24, 2.45) is 0 Å². The number of nitrogens with one attached hydrogen (secondary N) is 1. The number of aromatic nitrogens is 1. The molecular weight excluding hydrogens is 455 g/mol. The maximum atomic E-state index is 14.9. The van der Waals surface area contributed by atoms with Gasteiger partial charge in [-0.25, -0.2) is 8.78 Å². The van der Waals surface area contributed by atoms with Gasteiger partial charge in [-0.3, -0.25) is 9.78 Å². The summed E-state index contributed by atoms with van der Waals surface area (Å²) in [6.45, 7) is 2.45. The van der Waals surface area contributed by atoms with Crippen LogP contribution in [-0.2, 0) is 0 Å². The van der Waals surface area contributed by atoms with Crippen LogP contribution >= 0.6 is 11.6 Å². The van der Waals surface area contributed by atoms with E-state index >= 15 is 0 Å². The van der Waals surface area contributed by atoms with Crippen molar-refractivity contribution < 1.29 is 31.5 Å². The molecule has 0 aliphatic rings. The number of amides is 1. The molecule has 1 heterocycles. The molecule has 0 saturated heterocycles. The molecule has 0 radical (unpaired) electrons. The number of pyridine rings is 1. The lowest BCUT2D eigenvalue weighted by Gasteiger charge is -2.21. The number of carbonyl (C=O) groups is 1. The molecule has 4 nitrogen and oxygen atoms in total. The third-order valence-corrected chi connectivity index (χ3v) is 4.82. The minimum atomic E-state index is -4.75. The standard InChI is InChI=1S/C22H16ClF5N2O2/c1-11-6-7-13(10-29-11)14-9-19(32-12(2)22(26,27)28)15(8-18(14)25)21(31)30-20-16(23)4-3-5-17(20)24/h3-10,12H,1-2H3,(H,30,31). The van der Waals surface area contributed by atoms with Crippen molar-refractivity contribution in [3.05, 3.63) is 76.6 Å². The van der Waals surface area contributed by atoms with Crippen LogP contribution in [-0.4, -0.2) is 23.2 Å². The van der Waals surface area contributed by atoms with Gasteiger partial charge >= 0.3 is 6.18 Å². The summed E-state index contributed by atoms with van der Waals surface area (Å²) >= 11 is 5.88. The number of nitrogens with zero attached hydrogens (tertiary/aromatic N) is 1. The Bertz CT molecular complexity index is 1130. The molecule has 1 aromatic heterocycles. The summed E-state index contributed by atoms with van der Waals surface area (Å²) in [5, 5.41) is 2.01. The van der Waals surface area contributed by atoms with Crippen molar-refractivity contribution in [3.63, 3.8) is 0 Å². The maximum absolute atomic E-state index is 14.9. The normalized spacial score (nSPS) is 12.4. The van der Waals surface area contributed by atoms with E-state index in [1.165, 1.54) is 24.4 Å². The highest BCUT2D eigenvalue weighted by atomic mass is 35.5. The zero-order valence-electron chi connectivity index (χ0n) is 16.7. The second-order valence-corrected chi connectivity index (χ2v) is 7.28. The molecule has 1 unspecified atom stereocenters. The first kappa shape index (κ1) is 23.5. The number of carbonyl (C=O) groups excluding carboxylic acids is 1. The molecule has 0 fully saturated rings. The molecule has 1 amide bonds. The molecule has 2 aromatic carbocycles. The van der Waals surface area contributed by atoms with Crippen molar-refractivity contribution in [2.45, 2.75) is 26.1 Å². The van der Waals surface area contributed by atoms with E-state index in [0.717, 1.165) is 25.1 Å². The van der Waals surface area contributed by atoms with Crippen molar-refractivity contribution in [2.75, 3.05) is 5.32 Å². The Labute approximate surface area is 185 Å². The third-order valence-electron chi connectivity index (χ3n) is 4.50. The van der Waals surface area contributed by atoms with Crippen LogP contribution in [0.1, 0.15) is 23.0 Å². The Morgan fingerprint density at radius 2 is 1.84 bits per heavy atom. The van der Waals surface area contributed by atoms with E-state index in [9.17, 15) is 26.7 Å². The fraction of sp³-hybridized carbons (Fsp3) is 0.182. The van der Waals surface area contributed by atoms with Crippen LogP contribution in [0.15, 0.2) is 48.7 Å². The topological polar surface area (TPSA) is 51.2 Å². The van der Waals surface area contributed by atoms with Gasteiger partial charge in [0, 0.05) is 23.0 Å². The average Bonchev–Trinajstić information content (AvgIpc) is 2.71. The van der Waals surface area contributed by atoms with Crippen LogP contribution in [0.25, 0.3) is 11.1 Å². The molecule has 0 aliphatic heterocycles. The van der Waals surface area contributed by atoms with Crippen molar-refractivity contribution >= 4 is 23.2 Å². The summed E-state index contributed by atoms with van der Waals surface area (Å²) in [6, 6.07) is 8.44. The molecule has 0 bridgehead atoms. The molecule has 1 atom stereocenters. The number of anilines is 1. The summed E-state index contributed by atoms with van der Waals surface area (Å²) in [6.07, 6.45) is -5.72. The lowest BCUT2D eigenvalue weighted by atomic mass is 10.0. The second kappa shape index (κ2) is 9.12. The van der Waals surface area contributed by atoms with E-state index in [-0.39, 0.29) is 16.1 Å². The second-order valence-electron chi connectivity index (χ2n) is 6.87. The summed E-state index contributed by atoms with van der Waals surface area (Å²) in [7, 11) is 0. The summed E-state index contributed by atoms with van der Waals surface area (Å²) in [5.41, 5.74) is -0.180. The van der Waals surface area contributed by atoms with E-state index in [2.05, 4.69) is 10.3 Å². The molecular formula is C22H16ClF5N2O2. The van der Waals surface area contributed by atoms with Crippen LogP contribution in [0.3, 0.4) is 0 Å². The monoisotopic (exact) mass is 470 g/mol. The number of alkyl halides is 3. The fourth-order valence-corrected chi connectivity index (χ4v) is 2.94. The molecule has 10 heteroatoms.